The summed E-state index contributed by atoms with van der Waals surface area (Å²) in [6.07, 6.45) is 2.47. The molecule has 0 radical (unpaired) electrons. The summed E-state index contributed by atoms with van der Waals surface area (Å²) in [5, 5.41) is 3.28. The minimum Gasteiger partial charge on any atom is -0.479 e. The highest BCUT2D eigenvalue weighted by atomic mass is 35.5. The van der Waals surface area contributed by atoms with Crippen molar-refractivity contribution in [2.24, 2.45) is 0 Å². The molecule has 6 heteroatoms. The van der Waals surface area contributed by atoms with Crippen LogP contribution in [0.1, 0.15) is 32.3 Å². The summed E-state index contributed by atoms with van der Waals surface area (Å²) in [5.41, 5.74) is 1.90. The number of carbonyl (C=O) groups is 2. The molecule has 0 bridgehead atoms. The van der Waals surface area contributed by atoms with Crippen LogP contribution in [0.25, 0.3) is 0 Å². The maximum absolute atomic E-state index is 12.0. The molecular formula is C21H24ClNO4. The number of ether oxygens (including phenoxy) is 2. The van der Waals surface area contributed by atoms with Crippen molar-refractivity contribution in [2.75, 3.05) is 11.9 Å². The molecule has 1 N–H and O–H groups in total. The lowest BCUT2D eigenvalue weighted by Crippen LogP contribution is -2.29. The van der Waals surface area contributed by atoms with Gasteiger partial charge in [-0.25, -0.2) is 4.79 Å². The smallest absolute Gasteiger partial charge is 0.347 e. The highest BCUT2D eigenvalue weighted by Crippen LogP contribution is 2.17. The second kappa shape index (κ2) is 10.6. The maximum Gasteiger partial charge on any atom is 0.347 e. The first kappa shape index (κ1) is 20.8. The van der Waals surface area contributed by atoms with E-state index < -0.39 is 18.0 Å². The van der Waals surface area contributed by atoms with Crippen LogP contribution in [0.5, 0.6) is 5.75 Å². The Morgan fingerprint density at radius 3 is 2.37 bits per heavy atom. The van der Waals surface area contributed by atoms with E-state index in [0.717, 1.165) is 19.3 Å². The van der Waals surface area contributed by atoms with Gasteiger partial charge in [-0.3, -0.25) is 4.79 Å². The van der Waals surface area contributed by atoms with Crippen molar-refractivity contribution in [3.63, 3.8) is 0 Å². The van der Waals surface area contributed by atoms with E-state index in [1.54, 1.807) is 31.2 Å². The van der Waals surface area contributed by atoms with Gasteiger partial charge in [-0.1, -0.05) is 37.1 Å². The van der Waals surface area contributed by atoms with Crippen LogP contribution in [0, 0.1) is 0 Å². The van der Waals surface area contributed by atoms with Gasteiger partial charge in [0.1, 0.15) is 5.75 Å². The van der Waals surface area contributed by atoms with Crippen LogP contribution in [-0.2, 0) is 20.7 Å². The van der Waals surface area contributed by atoms with Gasteiger partial charge in [-0.05, 0) is 61.7 Å². The van der Waals surface area contributed by atoms with E-state index in [4.69, 9.17) is 21.1 Å². The molecule has 0 spiro atoms. The largest absolute Gasteiger partial charge is 0.479 e. The van der Waals surface area contributed by atoms with Crippen molar-refractivity contribution >= 4 is 29.2 Å². The minimum absolute atomic E-state index is 0.370. The van der Waals surface area contributed by atoms with Crippen LogP contribution in [0.3, 0.4) is 0 Å². The van der Waals surface area contributed by atoms with Crippen LogP contribution >= 0.6 is 11.6 Å². The molecule has 2 aromatic carbocycles. The Morgan fingerprint density at radius 1 is 1.07 bits per heavy atom. The van der Waals surface area contributed by atoms with Crippen molar-refractivity contribution in [3.05, 3.63) is 59.1 Å². The molecule has 1 amide bonds. The van der Waals surface area contributed by atoms with E-state index in [2.05, 4.69) is 12.2 Å². The van der Waals surface area contributed by atoms with E-state index in [-0.39, 0.29) is 6.61 Å². The van der Waals surface area contributed by atoms with Gasteiger partial charge in [0.2, 0.25) is 0 Å². The Kier molecular flexibility index (Phi) is 8.14. The number of aryl methyl sites for hydroxylation is 1. The molecule has 0 saturated heterocycles. The second-order valence-electron chi connectivity index (χ2n) is 6.17. The Hall–Kier alpha value is -2.53. The average molecular weight is 390 g/mol. The van der Waals surface area contributed by atoms with Gasteiger partial charge >= 0.3 is 5.97 Å². The van der Waals surface area contributed by atoms with Gasteiger partial charge in [-0.2, -0.15) is 0 Å². The summed E-state index contributed by atoms with van der Waals surface area (Å²) < 4.78 is 10.5. The number of amides is 1. The predicted molar refractivity (Wildman–Crippen MR) is 106 cm³/mol. The number of nitrogens with one attached hydrogen (secondary N) is 1. The fraction of sp³-hybridized carbons (Fsp3) is 0.333. The number of benzene rings is 2. The molecule has 0 unspecified atom stereocenters. The van der Waals surface area contributed by atoms with Crippen LogP contribution in [0.2, 0.25) is 5.02 Å². The molecule has 0 heterocycles. The van der Waals surface area contributed by atoms with Gasteiger partial charge < -0.3 is 14.8 Å². The SMILES string of the molecule is CCCCc1ccc(NC(=O)COC(=O)[C@@H](C)Oc2ccc(Cl)cc2)cc1. The third-order valence-corrected chi connectivity index (χ3v) is 4.11. The van der Waals surface area contributed by atoms with Gasteiger partial charge in [0.15, 0.2) is 12.7 Å². The zero-order chi connectivity index (χ0) is 19.6. The highest BCUT2D eigenvalue weighted by molar-refractivity contribution is 6.30. The van der Waals surface area contributed by atoms with Gasteiger partial charge in [-0.15, -0.1) is 0 Å². The van der Waals surface area contributed by atoms with Crippen molar-refractivity contribution < 1.29 is 19.1 Å². The van der Waals surface area contributed by atoms with E-state index in [9.17, 15) is 9.59 Å². The molecule has 2 aromatic rings. The summed E-state index contributed by atoms with van der Waals surface area (Å²) >= 11 is 5.80. The topological polar surface area (TPSA) is 64.6 Å². The van der Waals surface area contributed by atoms with E-state index >= 15 is 0 Å². The van der Waals surface area contributed by atoms with Gasteiger partial charge in [0.25, 0.3) is 5.91 Å². The number of hydrogen-bond acceptors (Lipinski definition) is 4. The first-order valence-electron chi connectivity index (χ1n) is 8.95. The minimum atomic E-state index is -0.836. The zero-order valence-corrected chi connectivity index (χ0v) is 16.3. The second-order valence-corrected chi connectivity index (χ2v) is 6.61. The fourth-order valence-corrected chi connectivity index (χ4v) is 2.48. The van der Waals surface area contributed by atoms with Crippen LogP contribution < -0.4 is 10.1 Å². The Balaban J connectivity index is 1.75. The lowest BCUT2D eigenvalue weighted by Gasteiger charge is -2.14. The molecule has 5 nitrogen and oxygen atoms in total. The Labute approximate surface area is 164 Å². The maximum atomic E-state index is 12.0. The van der Waals surface area contributed by atoms with E-state index in [0.29, 0.717) is 16.5 Å². The summed E-state index contributed by atoms with van der Waals surface area (Å²) in [6, 6.07) is 14.3. The third-order valence-electron chi connectivity index (χ3n) is 3.86. The number of unbranched alkanes of at least 4 members (excludes halogenated alkanes) is 1. The van der Waals surface area contributed by atoms with Crippen LogP contribution in [-0.4, -0.2) is 24.6 Å². The number of esters is 1. The molecule has 0 aliphatic rings. The fourth-order valence-electron chi connectivity index (χ4n) is 2.35. The summed E-state index contributed by atoms with van der Waals surface area (Å²) in [4.78, 5) is 23.9. The van der Waals surface area contributed by atoms with Crippen molar-refractivity contribution in [1.29, 1.82) is 0 Å². The average Bonchev–Trinajstić information content (AvgIpc) is 2.67. The number of halogens is 1. The first-order valence-corrected chi connectivity index (χ1v) is 9.33. The summed E-state index contributed by atoms with van der Waals surface area (Å²) in [5.74, 6) is -0.519. The van der Waals surface area contributed by atoms with Crippen LogP contribution in [0.15, 0.2) is 48.5 Å². The van der Waals surface area contributed by atoms with Crippen molar-refractivity contribution in [2.45, 2.75) is 39.2 Å². The molecule has 0 aliphatic carbocycles. The standard InChI is InChI=1S/C21H24ClNO4/c1-3-4-5-16-6-10-18(11-7-16)23-20(24)14-26-21(25)15(2)27-19-12-8-17(22)9-13-19/h6-13,15H,3-5,14H2,1-2H3,(H,23,24)/t15-/m1/s1. The number of anilines is 1. The predicted octanol–water partition coefficient (Wildman–Crippen LogP) is 4.63. The van der Waals surface area contributed by atoms with Gasteiger partial charge in [0, 0.05) is 10.7 Å². The van der Waals surface area contributed by atoms with Crippen molar-refractivity contribution in [3.8, 4) is 5.75 Å². The highest BCUT2D eigenvalue weighted by Gasteiger charge is 2.18. The zero-order valence-electron chi connectivity index (χ0n) is 15.5. The molecule has 0 fully saturated rings. The summed E-state index contributed by atoms with van der Waals surface area (Å²) in [6.45, 7) is 3.34. The van der Waals surface area contributed by atoms with Crippen LogP contribution in [0.4, 0.5) is 5.69 Å². The molecule has 144 valence electrons. The van der Waals surface area contributed by atoms with Gasteiger partial charge in [0.05, 0.1) is 0 Å². The molecule has 0 aromatic heterocycles. The molecule has 0 saturated carbocycles. The quantitative estimate of drug-likeness (QED) is 0.635. The number of rotatable bonds is 9. The third kappa shape index (κ3) is 7.31. The Morgan fingerprint density at radius 2 is 1.74 bits per heavy atom. The van der Waals surface area contributed by atoms with E-state index in [1.807, 2.05) is 24.3 Å². The summed E-state index contributed by atoms with van der Waals surface area (Å²) in [7, 11) is 0. The van der Waals surface area contributed by atoms with Crippen molar-refractivity contribution in [1.82, 2.24) is 0 Å². The molecule has 2 rings (SSSR count). The van der Waals surface area contributed by atoms with E-state index in [1.165, 1.54) is 5.56 Å². The molecule has 27 heavy (non-hydrogen) atoms. The molecular weight excluding hydrogens is 366 g/mol. The first-order chi connectivity index (χ1) is 13.0. The number of hydrogen-bond donors (Lipinski definition) is 1. The molecule has 0 aliphatic heterocycles. The lowest BCUT2D eigenvalue weighted by atomic mass is 10.1. The Bertz CT molecular complexity index is 744. The lowest BCUT2D eigenvalue weighted by molar-refractivity contribution is -0.153. The number of carbonyl (C=O) groups excluding carboxylic acids is 2. The molecule has 1 atom stereocenters. The monoisotopic (exact) mass is 389 g/mol. The normalized spacial score (nSPS) is 11.5.